The molecule has 3 aromatic heterocycles. The smallest absolute Gasteiger partial charge is 0.118 e. The average molecular weight is 375 g/mol. The molecule has 0 aliphatic rings. The van der Waals surface area contributed by atoms with Gasteiger partial charge in [0.1, 0.15) is 22.9 Å². The van der Waals surface area contributed by atoms with Gasteiger partial charge in [-0.1, -0.05) is 48.5 Å². The number of fused-ring (bicyclic) bond motifs is 3. The zero-order valence-electron chi connectivity index (χ0n) is 15.8. The number of benzene rings is 2. The Bertz CT molecular complexity index is 1380. The molecule has 5 rings (SSSR count). The Kier molecular flexibility index (Phi) is 4.00. The van der Waals surface area contributed by atoms with E-state index in [2.05, 4.69) is 16.5 Å². The molecule has 0 radical (unpaired) electrons. The van der Waals surface area contributed by atoms with Crippen LogP contribution in [-0.4, -0.2) is 16.5 Å². The van der Waals surface area contributed by atoms with E-state index < -0.39 is 0 Å². The molecular formula is C25H17N3O. The van der Waals surface area contributed by atoms with E-state index in [0.29, 0.717) is 11.1 Å². The van der Waals surface area contributed by atoms with Gasteiger partial charge in [0.15, 0.2) is 0 Å². The molecule has 0 aliphatic carbocycles. The van der Waals surface area contributed by atoms with E-state index in [4.69, 9.17) is 9.72 Å². The third-order valence-corrected chi connectivity index (χ3v) is 5.17. The number of ether oxygens (including phenoxy) is 1. The van der Waals surface area contributed by atoms with Crippen LogP contribution in [0.2, 0.25) is 0 Å². The molecule has 29 heavy (non-hydrogen) atoms. The molecule has 0 saturated heterocycles. The van der Waals surface area contributed by atoms with Gasteiger partial charge in [-0.15, -0.1) is 0 Å². The van der Waals surface area contributed by atoms with E-state index in [0.717, 1.165) is 39.2 Å². The van der Waals surface area contributed by atoms with Crippen molar-refractivity contribution in [3.63, 3.8) is 0 Å². The van der Waals surface area contributed by atoms with Crippen molar-refractivity contribution in [2.45, 2.75) is 0 Å². The predicted molar refractivity (Wildman–Crippen MR) is 115 cm³/mol. The molecular weight excluding hydrogens is 358 g/mol. The minimum atomic E-state index is 0.591. The first kappa shape index (κ1) is 17.0. The predicted octanol–water partition coefficient (Wildman–Crippen LogP) is 5.70. The largest absolute Gasteiger partial charge is 0.497 e. The van der Waals surface area contributed by atoms with Crippen LogP contribution >= 0.6 is 0 Å². The Balaban J connectivity index is 1.91. The van der Waals surface area contributed by atoms with Crippen LogP contribution in [-0.2, 0) is 0 Å². The van der Waals surface area contributed by atoms with Crippen molar-refractivity contribution >= 4 is 16.6 Å². The van der Waals surface area contributed by atoms with Crippen molar-refractivity contribution in [1.29, 1.82) is 5.26 Å². The molecule has 0 atom stereocenters. The second-order valence-corrected chi connectivity index (χ2v) is 6.79. The average Bonchev–Trinajstić information content (AvgIpc) is 3.12. The molecule has 0 bridgehead atoms. The Hall–Kier alpha value is -4.10. The first-order valence-corrected chi connectivity index (χ1v) is 9.34. The van der Waals surface area contributed by atoms with Gasteiger partial charge < -0.3 is 9.14 Å². The maximum atomic E-state index is 9.89. The van der Waals surface area contributed by atoms with Crippen molar-refractivity contribution < 1.29 is 4.74 Å². The van der Waals surface area contributed by atoms with Gasteiger partial charge in [0.05, 0.1) is 23.8 Å². The maximum Gasteiger partial charge on any atom is 0.118 e. The van der Waals surface area contributed by atoms with E-state index in [-0.39, 0.29) is 0 Å². The van der Waals surface area contributed by atoms with Gasteiger partial charge in [-0.3, -0.25) is 0 Å². The summed E-state index contributed by atoms with van der Waals surface area (Å²) in [5, 5.41) is 9.89. The molecule has 0 N–H and O–H groups in total. The summed E-state index contributed by atoms with van der Waals surface area (Å²) in [5.74, 6) is 0.806. The van der Waals surface area contributed by atoms with Crippen molar-refractivity contribution in [2.75, 3.05) is 7.11 Å². The second-order valence-electron chi connectivity index (χ2n) is 6.79. The highest BCUT2D eigenvalue weighted by molar-refractivity contribution is 6.02. The monoisotopic (exact) mass is 375 g/mol. The third-order valence-electron chi connectivity index (χ3n) is 5.17. The van der Waals surface area contributed by atoms with Crippen LogP contribution in [0.4, 0.5) is 0 Å². The molecule has 0 unspecified atom stereocenters. The van der Waals surface area contributed by atoms with Crippen molar-refractivity contribution in [3.8, 4) is 34.2 Å². The number of hydrogen-bond acceptors (Lipinski definition) is 3. The molecule has 2 aromatic carbocycles. The Morgan fingerprint density at radius 3 is 2.38 bits per heavy atom. The minimum absolute atomic E-state index is 0.591. The number of rotatable bonds is 3. The number of aromatic nitrogens is 2. The molecule has 0 amide bonds. The Labute approximate surface area is 168 Å². The number of hydrogen-bond donors (Lipinski definition) is 0. The van der Waals surface area contributed by atoms with Gasteiger partial charge in [-0.05, 0) is 35.9 Å². The first-order chi connectivity index (χ1) is 14.3. The quantitative estimate of drug-likeness (QED) is 0.406. The van der Waals surface area contributed by atoms with Gasteiger partial charge in [0, 0.05) is 17.3 Å². The van der Waals surface area contributed by atoms with Crippen LogP contribution in [0.1, 0.15) is 5.56 Å². The Morgan fingerprint density at radius 2 is 1.66 bits per heavy atom. The third kappa shape index (κ3) is 2.72. The highest BCUT2D eigenvalue weighted by Gasteiger charge is 2.19. The summed E-state index contributed by atoms with van der Waals surface area (Å²) in [5.41, 5.74) is 7.03. The van der Waals surface area contributed by atoms with Crippen LogP contribution in [0, 0.1) is 11.3 Å². The molecule has 138 valence electrons. The van der Waals surface area contributed by atoms with Crippen molar-refractivity contribution in [2.24, 2.45) is 0 Å². The summed E-state index contributed by atoms with van der Waals surface area (Å²) in [6.45, 7) is 0. The molecule has 0 spiro atoms. The van der Waals surface area contributed by atoms with Crippen molar-refractivity contribution in [3.05, 3.63) is 90.6 Å². The zero-order chi connectivity index (χ0) is 19.8. The fraction of sp³-hybridized carbons (Fsp3) is 0.0400. The normalized spacial score (nSPS) is 10.9. The topological polar surface area (TPSA) is 50.3 Å². The minimum Gasteiger partial charge on any atom is -0.497 e. The van der Waals surface area contributed by atoms with Crippen LogP contribution in [0.15, 0.2) is 85.1 Å². The van der Waals surface area contributed by atoms with E-state index >= 15 is 0 Å². The van der Waals surface area contributed by atoms with E-state index in [9.17, 15) is 5.26 Å². The lowest BCUT2D eigenvalue weighted by Crippen LogP contribution is -1.92. The molecule has 4 heteroatoms. The fourth-order valence-electron chi connectivity index (χ4n) is 3.78. The fourth-order valence-corrected chi connectivity index (χ4v) is 3.78. The summed E-state index contributed by atoms with van der Waals surface area (Å²) < 4.78 is 7.37. The second kappa shape index (κ2) is 6.81. The van der Waals surface area contributed by atoms with Gasteiger partial charge in [0.2, 0.25) is 0 Å². The summed E-state index contributed by atoms with van der Waals surface area (Å²) in [6, 6.07) is 28.4. The summed E-state index contributed by atoms with van der Waals surface area (Å²) in [6.07, 6.45) is 1.98. The standard InChI is InChI=1S/C25H17N3O/c1-29-19-12-10-17(11-13-19)20-15-22(18-7-3-2-4-8-18)27-24-21(16-26)23-9-5-6-14-28(23)25(20)24/h2-15H,1H3. The van der Waals surface area contributed by atoms with Gasteiger partial charge >= 0.3 is 0 Å². The van der Waals surface area contributed by atoms with E-state index in [1.807, 2.05) is 79.0 Å². The van der Waals surface area contributed by atoms with E-state index in [1.165, 1.54) is 0 Å². The molecule has 0 fully saturated rings. The number of nitrogens with zero attached hydrogens (tertiary/aromatic N) is 3. The Morgan fingerprint density at radius 1 is 0.897 bits per heavy atom. The molecule has 0 saturated carbocycles. The van der Waals surface area contributed by atoms with Gasteiger partial charge in [0.25, 0.3) is 0 Å². The molecule has 4 nitrogen and oxygen atoms in total. The number of nitriles is 1. The van der Waals surface area contributed by atoms with Crippen molar-refractivity contribution in [1.82, 2.24) is 9.38 Å². The van der Waals surface area contributed by atoms with E-state index in [1.54, 1.807) is 7.11 Å². The molecule has 3 heterocycles. The lowest BCUT2D eigenvalue weighted by molar-refractivity contribution is 0.415. The lowest BCUT2D eigenvalue weighted by atomic mass is 10.0. The summed E-state index contributed by atoms with van der Waals surface area (Å²) in [4.78, 5) is 4.91. The number of pyridine rings is 2. The maximum absolute atomic E-state index is 9.89. The first-order valence-electron chi connectivity index (χ1n) is 9.34. The molecule has 5 aromatic rings. The lowest BCUT2D eigenvalue weighted by Gasteiger charge is -2.10. The zero-order valence-corrected chi connectivity index (χ0v) is 15.8. The van der Waals surface area contributed by atoms with Gasteiger partial charge in [-0.25, -0.2) is 4.98 Å². The van der Waals surface area contributed by atoms with Crippen LogP contribution in [0.25, 0.3) is 38.9 Å². The van der Waals surface area contributed by atoms with Crippen LogP contribution in [0.3, 0.4) is 0 Å². The van der Waals surface area contributed by atoms with Crippen LogP contribution in [0.5, 0.6) is 5.75 Å². The van der Waals surface area contributed by atoms with Crippen LogP contribution < -0.4 is 4.74 Å². The number of methoxy groups -OCH3 is 1. The highest BCUT2D eigenvalue weighted by atomic mass is 16.5. The highest BCUT2D eigenvalue weighted by Crippen LogP contribution is 2.36. The van der Waals surface area contributed by atoms with Gasteiger partial charge in [-0.2, -0.15) is 5.26 Å². The summed E-state index contributed by atoms with van der Waals surface area (Å²) >= 11 is 0. The summed E-state index contributed by atoms with van der Waals surface area (Å²) in [7, 11) is 1.66. The molecule has 0 aliphatic heterocycles. The SMILES string of the molecule is COc1ccc(-c2cc(-c3ccccc3)nc3c(C#N)c4ccccn4c23)cc1.